The van der Waals surface area contributed by atoms with Gasteiger partial charge in [-0.05, 0) is 24.8 Å². The number of nitrogens with zero attached hydrogens (tertiary/aromatic N) is 1. The maximum Gasteiger partial charge on any atom is 0.228 e. The number of rotatable bonds is 3. The van der Waals surface area contributed by atoms with Gasteiger partial charge in [-0.3, -0.25) is 4.79 Å². The first-order valence-electron chi connectivity index (χ1n) is 7.52. The van der Waals surface area contributed by atoms with Crippen molar-refractivity contribution in [3.05, 3.63) is 35.9 Å². The lowest BCUT2D eigenvalue weighted by molar-refractivity contribution is -0.139. The number of amides is 1. The predicted octanol–water partition coefficient (Wildman–Crippen LogP) is 2.85. The van der Waals surface area contributed by atoms with Crippen molar-refractivity contribution >= 4 is 5.91 Å². The zero-order chi connectivity index (χ0) is 14.3. The molecule has 3 atom stereocenters. The van der Waals surface area contributed by atoms with Crippen LogP contribution < -0.4 is 0 Å². The molecule has 2 heterocycles. The summed E-state index contributed by atoms with van der Waals surface area (Å²) in [5.41, 5.74) is 0.850. The molecule has 1 amide bonds. The fourth-order valence-electron chi connectivity index (χ4n) is 3.60. The Morgan fingerprint density at radius 1 is 1.35 bits per heavy atom. The van der Waals surface area contributed by atoms with Crippen molar-refractivity contribution in [3.8, 4) is 0 Å². The van der Waals surface area contributed by atoms with E-state index in [0.717, 1.165) is 12.8 Å². The Bertz CT molecular complexity index is 499. The normalized spacial score (nSPS) is 33.0. The molecular weight excluding hydrogens is 250 g/mol. The molecule has 0 bridgehead atoms. The molecule has 2 saturated heterocycles. The average molecular weight is 273 g/mol. The van der Waals surface area contributed by atoms with Crippen LogP contribution in [0.2, 0.25) is 0 Å². The zero-order valence-corrected chi connectivity index (χ0v) is 12.5. The van der Waals surface area contributed by atoms with E-state index in [-0.39, 0.29) is 23.6 Å². The molecule has 3 nitrogen and oxygen atoms in total. The molecule has 0 radical (unpaired) electrons. The van der Waals surface area contributed by atoms with Gasteiger partial charge in [-0.25, -0.2) is 0 Å². The van der Waals surface area contributed by atoms with Crippen LogP contribution in [-0.2, 0) is 16.0 Å². The van der Waals surface area contributed by atoms with Crippen molar-refractivity contribution in [1.82, 2.24) is 4.90 Å². The summed E-state index contributed by atoms with van der Waals surface area (Å²) >= 11 is 0. The van der Waals surface area contributed by atoms with Crippen LogP contribution >= 0.6 is 0 Å². The van der Waals surface area contributed by atoms with Crippen LogP contribution in [0, 0.1) is 11.8 Å². The van der Waals surface area contributed by atoms with E-state index in [4.69, 9.17) is 4.74 Å². The van der Waals surface area contributed by atoms with E-state index >= 15 is 0 Å². The summed E-state index contributed by atoms with van der Waals surface area (Å²) in [7, 11) is 0. The second-order valence-corrected chi connectivity index (χ2v) is 6.60. The van der Waals surface area contributed by atoms with Crippen molar-refractivity contribution < 1.29 is 9.53 Å². The molecule has 1 aromatic carbocycles. The molecule has 0 aromatic heterocycles. The van der Waals surface area contributed by atoms with Crippen molar-refractivity contribution in [2.75, 3.05) is 6.61 Å². The fraction of sp³-hybridized carbons (Fsp3) is 0.588. The minimum atomic E-state index is -0.383. The molecule has 20 heavy (non-hydrogen) atoms. The Morgan fingerprint density at radius 3 is 2.70 bits per heavy atom. The molecule has 0 saturated carbocycles. The Labute approximate surface area is 120 Å². The first-order chi connectivity index (χ1) is 9.51. The van der Waals surface area contributed by atoms with Gasteiger partial charge in [-0.15, -0.1) is 0 Å². The second kappa shape index (κ2) is 4.88. The third-order valence-corrected chi connectivity index (χ3v) is 4.71. The average Bonchev–Trinajstić information content (AvgIpc) is 2.86. The number of hydrogen-bond acceptors (Lipinski definition) is 2. The molecule has 0 aliphatic carbocycles. The number of carbonyl (C=O) groups is 1. The minimum Gasteiger partial charge on any atom is -0.354 e. The van der Waals surface area contributed by atoms with Crippen LogP contribution in [0.5, 0.6) is 0 Å². The quantitative estimate of drug-likeness (QED) is 0.847. The summed E-state index contributed by atoms with van der Waals surface area (Å²) in [6.07, 6.45) is 1.63. The van der Waals surface area contributed by atoms with Crippen molar-refractivity contribution in [3.63, 3.8) is 0 Å². The van der Waals surface area contributed by atoms with Gasteiger partial charge >= 0.3 is 0 Å². The molecule has 1 unspecified atom stereocenters. The second-order valence-electron chi connectivity index (χ2n) is 6.60. The highest BCUT2D eigenvalue weighted by atomic mass is 16.5. The third kappa shape index (κ3) is 2.14. The van der Waals surface area contributed by atoms with Crippen LogP contribution in [0.1, 0.15) is 32.8 Å². The molecule has 2 aliphatic rings. The smallest absolute Gasteiger partial charge is 0.228 e. The van der Waals surface area contributed by atoms with Crippen molar-refractivity contribution in [2.45, 2.75) is 45.4 Å². The largest absolute Gasteiger partial charge is 0.354 e. The molecule has 3 rings (SSSR count). The minimum absolute atomic E-state index is 0.0592. The van der Waals surface area contributed by atoms with Crippen molar-refractivity contribution in [1.29, 1.82) is 0 Å². The van der Waals surface area contributed by atoms with Gasteiger partial charge in [0.1, 0.15) is 5.72 Å². The van der Waals surface area contributed by atoms with E-state index in [9.17, 15) is 4.79 Å². The number of ether oxygens (including phenoxy) is 1. The summed E-state index contributed by atoms with van der Waals surface area (Å²) in [5, 5.41) is 0. The number of hydrogen-bond donors (Lipinski definition) is 0. The maximum absolute atomic E-state index is 12.8. The zero-order valence-electron chi connectivity index (χ0n) is 12.5. The summed E-state index contributed by atoms with van der Waals surface area (Å²) in [6.45, 7) is 7.07. The van der Waals surface area contributed by atoms with Gasteiger partial charge in [0.15, 0.2) is 0 Å². The van der Waals surface area contributed by atoms with E-state index < -0.39 is 0 Å². The highest BCUT2D eigenvalue weighted by Gasteiger charge is 2.55. The Kier molecular flexibility index (Phi) is 3.33. The third-order valence-electron chi connectivity index (χ3n) is 4.71. The first-order valence-corrected chi connectivity index (χ1v) is 7.52. The summed E-state index contributed by atoms with van der Waals surface area (Å²) < 4.78 is 5.98. The van der Waals surface area contributed by atoms with Crippen LogP contribution in [-0.4, -0.2) is 29.2 Å². The molecule has 3 heteroatoms. The van der Waals surface area contributed by atoms with E-state index in [1.807, 2.05) is 23.1 Å². The summed E-state index contributed by atoms with van der Waals surface area (Å²) in [4.78, 5) is 14.8. The van der Waals surface area contributed by atoms with Crippen LogP contribution in [0.15, 0.2) is 30.3 Å². The predicted molar refractivity (Wildman–Crippen MR) is 78.1 cm³/mol. The Hall–Kier alpha value is -1.35. The van der Waals surface area contributed by atoms with E-state index in [1.54, 1.807) is 0 Å². The van der Waals surface area contributed by atoms with E-state index in [0.29, 0.717) is 12.5 Å². The number of benzene rings is 1. The molecular formula is C17H23NO2. The van der Waals surface area contributed by atoms with Gasteiger partial charge in [-0.1, -0.05) is 44.2 Å². The number of carbonyl (C=O) groups excluding carboxylic acids is 1. The van der Waals surface area contributed by atoms with Gasteiger partial charge in [-0.2, -0.15) is 0 Å². The monoisotopic (exact) mass is 273 g/mol. The molecule has 1 aromatic rings. The topological polar surface area (TPSA) is 29.5 Å². The molecule has 0 spiro atoms. The molecule has 108 valence electrons. The van der Waals surface area contributed by atoms with Gasteiger partial charge in [0.25, 0.3) is 0 Å². The lowest BCUT2D eigenvalue weighted by Crippen LogP contribution is -2.45. The Balaban J connectivity index is 1.79. The Morgan fingerprint density at radius 2 is 2.05 bits per heavy atom. The highest BCUT2D eigenvalue weighted by Crippen LogP contribution is 2.43. The SMILES string of the molecule is CC(C)[C@H]1CO[C@]2(C)CC(Cc3ccccc3)C(=O)N12. The molecule has 2 fully saturated rings. The summed E-state index contributed by atoms with van der Waals surface area (Å²) in [5.74, 6) is 0.771. The van der Waals surface area contributed by atoms with Gasteiger partial charge < -0.3 is 9.64 Å². The van der Waals surface area contributed by atoms with Gasteiger partial charge in [0.2, 0.25) is 5.91 Å². The highest BCUT2D eigenvalue weighted by molar-refractivity contribution is 5.83. The van der Waals surface area contributed by atoms with Crippen LogP contribution in [0.3, 0.4) is 0 Å². The van der Waals surface area contributed by atoms with Crippen LogP contribution in [0.25, 0.3) is 0 Å². The first kappa shape index (κ1) is 13.6. The van der Waals surface area contributed by atoms with Gasteiger partial charge in [0, 0.05) is 12.3 Å². The number of fused-ring (bicyclic) bond motifs is 1. The maximum atomic E-state index is 12.8. The van der Waals surface area contributed by atoms with Gasteiger partial charge in [0.05, 0.1) is 12.6 Å². The van der Waals surface area contributed by atoms with Crippen molar-refractivity contribution in [2.24, 2.45) is 11.8 Å². The molecule has 0 N–H and O–H groups in total. The lowest BCUT2D eigenvalue weighted by Gasteiger charge is -2.31. The van der Waals surface area contributed by atoms with E-state index in [1.165, 1.54) is 5.56 Å². The lowest BCUT2D eigenvalue weighted by atomic mass is 9.95. The standard InChI is InChI=1S/C17H23NO2/c1-12(2)15-11-20-17(3)10-14(16(19)18(15)17)9-13-7-5-4-6-8-13/h4-8,12,14-15H,9-11H2,1-3H3/t14?,15-,17-/m1/s1. The molecule has 2 aliphatic heterocycles. The fourth-order valence-corrected chi connectivity index (χ4v) is 3.60. The summed E-state index contributed by atoms with van der Waals surface area (Å²) in [6, 6.07) is 10.5. The van der Waals surface area contributed by atoms with Crippen LogP contribution in [0.4, 0.5) is 0 Å². The van der Waals surface area contributed by atoms with E-state index in [2.05, 4.69) is 32.9 Å².